The zero-order valence-corrected chi connectivity index (χ0v) is 14.3. The van der Waals surface area contributed by atoms with E-state index in [1.165, 1.54) is 22.7 Å². The monoisotopic (exact) mass is 360 g/mol. The first-order valence-corrected chi connectivity index (χ1v) is 9.13. The van der Waals surface area contributed by atoms with Gasteiger partial charge in [-0.15, -0.1) is 22.7 Å². The smallest absolute Gasteiger partial charge is 0.309 e. The van der Waals surface area contributed by atoms with Crippen molar-refractivity contribution < 1.29 is 14.7 Å². The molecular weight excluding hydrogens is 344 g/mol. The molecule has 1 atom stereocenters. The molecule has 0 aliphatic heterocycles. The molecular formula is C17H16N2O3S2. The van der Waals surface area contributed by atoms with E-state index in [4.69, 9.17) is 0 Å². The largest absolute Gasteiger partial charge is 0.387 e. The molecule has 0 aliphatic rings. The molecule has 2 aromatic heterocycles. The molecule has 0 fully saturated rings. The maximum atomic E-state index is 11.8. The summed E-state index contributed by atoms with van der Waals surface area (Å²) in [5.41, 5.74) is 0.759. The van der Waals surface area contributed by atoms with E-state index in [9.17, 15) is 14.7 Å². The molecule has 2 heterocycles. The van der Waals surface area contributed by atoms with Gasteiger partial charge in [0.05, 0.1) is 12.6 Å². The van der Waals surface area contributed by atoms with Gasteiger partial charge in [-0.1, -0.05) is 24.3 Å². The number of carbonyl (C=O) groups excluding carboxylic acids is 2. The van der Waals surface area contributed by atoms with Gasteiger partial charge in [0.15, 0.2) is 0 Å². The Morgan fingerprint density at radius 3 is 2.62 bits per heavy atom. The minimum absolute atomic E-state index is 0.00795. The lowest BCUT2D eigenvalue weighted by Crippen LogP contribution is -2.41. The summed E-state index contributed by atoms with van der Waals surface area (Å²) < 4.78 is 1.08. The van der Waals surface area contributed by atoms with Crippen molar-refractivity contribution in [3.63, 3.8) is 0 Å². The van der Waals surface area contributed by atoms with Crippen LogP contribution in [0.15, 0.2) is 47.2 Å². The number of thiophene rings is 2. The van der Waals surface area contributed by atoms with Crippen molar-refractivity contribution in [1.29, 1.82) is 0 Å². The van der Waals surface area contributed by atoms with Gasteiger partial charge < -0.3 is 15.7 Å². The van der Waals surface area contributed by atoms with Gasteiger partial charge >= 0.3 is 11.8 Å². The number of amides is 2. The number of fused-ring (bicyclic) bond motifs is 1. The lowest BCUT2D eigenvalue weighted by molar-refractivity contribution is -0.139. The van der Waals surface area contributed by atoms with Gasteiger partial charge in [0, 0.05) is 21.7 Å². The summed E-state index contributed by atoms with van der Waals surface area (Å²) in [6.45, 7) is 0.313. The third kappa shape index (κ3) is 3.81. The van der Waals surface area contributed by atoms with Crippen LogP contribution in [-0.4, -0.2) is 23.5 Å². The highest BCUT2D eigenvalue weighted by molar-refractivity contribution is 7.17. The van der Waals surface area contributed by atoms with E-state index < -0.39 is 17.9 Å². The highest BCUT2D eigenvalue weighted by atomic mass is 32.1. The summed E-state index contributed by atoms with van der Waals surface area (Å²) in [6, 6.07) is 11.5. The van der Waals surface area contributed by atoms with Gasteiger partial charge in [-0.25, -0.2) is 0 Å². The van der Waals surface area contributed by atoms with E-state index in [1.807, 2.05) is 47.2 Å². The van der Waals surface area contributed by atoms with E-state index in [1.54, 1.807) is 0 Å². The molecule has 0 bridgehead atoms. The van der Waals surface area contributed by atoms with Crippen LogP contribution in [0.1, 0.15) is 16.5 Å². The second-order valence-electron chi connectivity index (χ2n) is 5.18. The third-order valence-electron chi connectivity index (χ3n) is 3.54. The van der Waals surface area contributed by atoms with Gasteiger partial charge in [0.25, 0.3) is 0 Å². The lowest BCUT2D eigenvalue weighted by Gasteiger charge is -2.11. The van der Waals surface area contributed by atoms with Gasteiger partial charge in [-0.3, -0.25) is 9.59 Å². The number of carbonyl (C=O) groups is 2. The van der Waals surface area contributed by atoms with Gasteiger partial charge in [0.2, 0.25) is 0 Å². The van der Waals surface area contributed by atoms with Crippen LogP contribution in [-0.2, 0) is 16.1 Å². The minimum Gasteiger partial charge on any atom is -0.387 e. The Hall–Kier alpha value is -2.22. The Morgan fingerprint density at radius 1 is 1.04 bits per heavy atom. The molecule has 3 rings (SSSR count). The highest BCUT2D eigenvalue weighted by Gasteiger charge is 2.17. The van der Waals surface area contributed by atoms with E-state index in [-0.39, 0.29) is 6.54 Å². The fourth-order valence-electron chi connectivity index (χ4n) is 2.30. The van der Waals surface area contributed by atoms with E-state index in [0.717, 1.165) is 20.5 Å². The standard InChI is InChI=1S/C17H16N2O3S2/c20-14(13-10-24-15-6-2-1-5-12(13)15)9-19-17(22)16(21)18-8-11-4-3-7-23-11/h1-7,10,14,20H,8-9H2,(H,18,21)(H,19,22)/t14-/m1/s1. The zero-order valence-electron chi connectivity index (χ0n) is 12.7. The normalized spacial score (nSPS) is 12.0. The van der Waals surface area contributed by atoms with Crippen molar-refractivity contribution in [2.75, 3.05) is 6.54 Å². The number of hydrogen-bond donors (Lipinski definition) is 3. The van der Waals surface area contributed by atoms with Crippen molar-refractivity contribution in [2.24, 2.45) is 0 Å². The Balaban J connectivity index is 1.52. The maximum Gasteiger partial charge on any atom is 0.309 e. The van der Waals surface area contributed by atoms with Crippen LogP contribution in [0, 0.1) is 0 Å². The highest BCUT2D eigenvalue weighted by Crippen LogP contribution is 2.29. The van der Waals surface area contributed by atoms with Crippen molar-refractivity contribution in [3.8, 4) is 0 Å². The van der Waals surface area contributed by atoms with Crippen molar-refractivity contribution >= 4 is 44.6 Å². The molecule has 5 nitrogen and oxygen atoms in total. The molecule has 7 heteroatoms. The molecule has 0 unspecified atom stereocenters. The number of nitrogens with one attached hydrogen (secondary N) is 2. The van der Waals surface area contributed by atoms with Crippen LogP contribution in [0.3, 0.4) is 0 Å². The number of benzene rings is 1. The predicted molar refractivity (Wildman–Crippen MR) is 96.0 cm³/mol. The summed E-state index contributed by atoms with van der Waals surface area (Å²) >= 11 is 3.05. The van der Waals surface area contributed by atoms with Crippen LogP contribution in [0.25, 0.3) is 10.1 Å². The molecule has 0 saturated heterocycles. The fourth-order valence-corrected chi connectivity index (χ4v) is 3.95. The molecule has 124 valence electrons. The number of rotatable bonds is 5. The minimum atomic E-state index is -0.852. The lowest BCUT2D eigenvalue weighted by atomic mass is 10.1. The second-order valence-corrected chi connectivity index (χ2v) is 7.12. The molecule has 3 N–H and O–H groups in total. The first-order chi connectivity index (χ1) is 11.6. The van der Waals surface area contributed by atoms with Gasteiger partial charge in [-0.05, 0) is 28.3 Å². The Kier molecular flexibility index (Phi) is 5.24. The zero-order chi connectivity index (χ0) is 16.9. The second kappa shape index (κ2) is 7.57. The number of hydrogen-bond acceptors (Lipinski definition) is 5. The molecule has 3 aromatic rings. The van der Waals surface area contributed by atoms with Crippen LogP contribution < -0.4 is 10.6 Å². The van der Waals surface area contributed by atoms with Crippen LogP contribution in [0.5, 0.6) is 0 Å². The maximum absolute atomic E-state index is 11.8. The fraction of sp³-hybridized carbons (Fsp3) is 0.176. The summed E-state index contributed by atoms with van der Waals surface area (Å²) in [4.78, 5) is 24.5. The van der Waals surface area contributed by atoms with Crippen molar-refractivity contribution in [1.82, 2.24) is 10.6 Å². The average Bonchev–Trinajstić information content (AvgIpc) is 3.26. The molecule has 0 spiro atoms. The van der Waals surface area contributed by atoms with E-state index in [0.29, 0.717) is 6.54 Å². The molecule has 24 heavy (non-hydrogen) atoms. The summed E-state index contributed by atoms with van der Waals surface area (Å²) in [5.74, 6) is -1.45. The molecule has 0 radical (unpaired) electrons. The molecule has 0 saturated carbocycles. The first-order valence-electron chi connectivity index (χ1n) is 7.38. The van der Waals surface area contributed by atoms with E-state index >= 15 is 0 Å². The Bertz CT molecular complexity index is 843. The van der Waals surface area contributed by atoms with E-state index in [2.05, 4.69) is 10.6 Å². The Morgan fingerprint density at radius 2 is 1.83 bits per heavy atom. The van der Waals surface area contributed by atoms with Crippen molar-refractivity contribution in [3.05, 3.63) is 57.6 Å². The summed E-state index contributed by atoms with van der Waals surface area (Å²) in [5, 5.41) is 20.0. The summed E-state index contributed by atoms with van der Waals surface area (Å²) in [6.07, 6.45) is -0.852. The molecule has 1 aromatic carbocycles. The van der Waals surface area contributed by atoms with Crippen molar-refractivity contribution in [2.45, 2.75) is 12.6 Å². The Labute approximate surface area is 146 Å². The van der Waals surface area contributed by atoms with Gasteiger partial charge in [0.1, 0.15) is 0 Å². The van der Waals surface area contributed by atoms with Crippen LogP contribution >= 0.6 is 22.7 Å². The third-order valence-corrected chi connectivity index (χ3v) is 5.39. The predicted octanol–water partition coefficient (Wildman–Crippen LogP) is 2.43. The first kappa shape index (κ1) is 16.6. The number of aliphatic hydroxyl groups excluding tert-OH is 1. The van der Waals surface area contributed by atoms with Crippen LogP contribution in [0.4, 0.5) is 0 Å². The average molecular weight is 360 g/mol. The SMILES string of the molecule is O=C(NCc1cccs1)C(=O)NC[C@@H](O)c1csc2ccccc12. The topological polar surface area (TPSA) is 78.4 Å². The van der Waals surface area contributed by atoms with Crippen LogP contribution in [0.2, 0.25) is 0 Å². The van der Waals surface area contributed by atoms with Gasteiger partial charge in [-0.2, -0.15) is 0 Å². The number of aliphatic hydroxyl groups is 1. The molecule has 0 aliphatic carbocycles. The molecule has 2 amide bonds. The quantitative estimate of drug-likeness (QED) is 0.612. The summed E-state index contributed by atoms with van der Waals surface area (Å²) in [7, 11) is 0.